The molecule has 106 valence electrons. The molecule has 0 amide bonds. The summed E-state index contributed by atoms with van der Waals surface area (Å²) < 4.78 is 18.4. The minimum atomic E-state index is -0.261. The van der Waals surface area contributed by atoms with Gasteiger partial charge in [0.15, 0.2) is 5.96 Å². The van der Waals surface area contributed by atoms with Crippen LogP contribution < -0.4 is 11.1 Å². The molecule has 0 aromatic heterocycles. The fraction of sp³-hybridized carbons (Fsp3) is 0.500. The van der Waals surface area contributed by atoms with Gasteiger partial charge in [-0.05, 0) is 24.1 Å². The van der Waals surface area contributed by atoms with Crippen molar-refractivity contribution in [3.8, 4) is 0 Å². The molecule has 1 aromatic rings. The highest BCUT2D eigenvalue weighted by Crippen LogP contribution is 2.12. The first-order chi connectivity index (χ1) is 9.17. The van der Waals surface area contributed by atoms with Gasteiger partial charge in [-0.25, -0.2) is 9.38 Å². The molecule has 4 nitrogen and oxygen atoms in total. The number of guanidine groups is 1. The van der Waals surface area contributed by atoms with Gasteiger partial charge in [-0.3, -0.25) is 0 Å². The van der Waals surface area contributed by atoms with Gasteiger partial charge in [-0.15, -0.1) is 0 Å². The number of nitrogens with zero attached hydrogens (tertiary/aromatic N) is 1. The first-order valence-corrected chi connectivity index (χ1v) is 6.47. The number of rotatable bonds is 7. The van der Waals surface area contributed by atoms with Gasteiger partial charge in [0.05, 0.1) is 13.2 Å². The molecular weight excluding hydrogens is 245 g/mol. The van der Waals surface area contributed by atoms with Crippen LogP contribution in [0.25, 0.3) is 0 Å². The molecule has 0 aliphatic rings. The van der Waals surface area contributed by atoms with Crippen molar-refractivity contribution in [2.24, 2.45) is 10.7 Å². The molecule has 0 atom stereocenters. The summed E-state index contributed by atoms with van der Waals surface area (Å²) >= 11 is 0. The van der Waals surface area contributed by atoms with Crippen LogP contribution in [0.3, 0.4) is 0 Å². The lowest BCUT2D eigenvalue weighted by molar-refractivity contribution is 0.181. The van der Waals surface area contributed by atoms with Gasteiger partial charge in [-0.2, -0.15) is 0 Å². The largest absolute Gasteiger partial charge is 0.380 e. The van der Waals surface area contributed by atoms with Gasteiger partial charge in [-0.1, -0.05) is 19.4 Å². The zero-order valence-electron chi connectivity index (χ0n) is 11.6. The highest BCUT2D eigenvalue weighted by atomic mass is 19.1. The van der Waals surface area contributed by atoms with E-state index in [0.29, 0.717) is 18.1 Å². The Labute approximate surface area is 113 Å². The normalized spacial score (nSPS) is 11.6. The summed E-state index contributed by atoms with van der Waals surface area (Å²) in [4.78, 5) is 4.22. The maximum Gasteiger partial charge on any atom is 0.188 e. The molecule has 1 rings (SSSR count). The standard InChI is InChI=1S/C14H22FN3O/c1-3-4-7-17-14(16)18-9-11-5-6-13(15)12(8-11)10-19-2/h5-6,8H,3-4,7,9-10H2,1-2H3,(H3,16,17,18). The Kier molecular flexibility index (Phi) is 6.89. The Morgan fingerprint density at radius 3 is 2.95 bits per heavy atom. The lowest BCUT2D eigenvalue weighted by Crippen LogP contribution is -2.32. The number of hydrogen-bond donors (Lipinski definition) is 2. The third-order valence-electron chi connectivity index (χ3n) is 2.68. The molecule has 0 saturated carbocycles. The monoisotopic (exact) mass is 267 g/mol. The van der Waals surface area contributed by atoms with Crippen molar-refractivity contribution in [3.63, 3.8) is 0 Å². The third kappa shape index (κ3) is 5.70. The number of nitrogens with one attached hydrogen (secondary N) is 1. The Hall–Kier alpha value is -1.62. The van der Waals surface area contributed by atoms with E-state index in [9.17, 15) is 4.39 Å². The highest BCUT2D eigenvalue weighted by molar-refractivity contribution is 5.77. The number of unbranched alkanes of at least 4 members (excludes halogenated alkanes) is 1. The van der Waals surface area contributed by atoms with Gasteiger partial charge in [0.2, 0.25) is 0 Å². The average Bonchev–Trinajstić information content (AvgIpc) is 2.40. The van der Waals surface area contributed by atoms with E-state index in [-0.39, 0.29) is 12.4 Å². The number of benzene rings is 1. The van der Waals surface area contributed by atoms with E-state index in [2.05, 4.69) is 17.2 Å². The minimum absolute atomic E-state index is 0.258. The Balaban J connectivity index is 2.56. The summed E-state index contributed by atoms with van der Waals surface area (Å²) in [5.74, 6) is 0.162. The zero-order valence-corrected chi connectivity index (χ0v) is 11.6. The lowest BCUT2D eigenvalue weighted by atomic mass is 10.1. The van der Waals surface area contributed by atoms with Crippen molar-refractivity contribution in [3.05, 3.63) is 35.1 Å². The van der Waals surface area contributed by atoms with E-state index >= 15 is 0 Å². The molecule has 0 radical (unpaired) electrons. The van der Waals surface area contributed by atoms with Crippen LogP contribution in [0.15, 0.2) is 23.2 Å². The number of halogens is 1. The molecule has 0 bridgehead atoms. The van der Waals surface area contributed by atoms with Crippen LogP contribution in [-0.2, 0) is 17.9 Å². The van der Waals surface area contributed by atoms with Crippen LogP contribution in [0.5, 0.6) is 0 Å². The fourth-order valence-corrected chi connectivity index (χ4v) is 1.62. The minimum Gasteiger partial charge on any atom is -0.380 e. The predicted octanol–water partition coefficient (Wildman–Crippen LogP) is 2.18. The molecule has 0 fully saturated rings. The molecule has 0 aliphatic heterocycles. The van der Waals surface area contributed by atoms with Crippen molar-refractivity contribution in [2.45, 2.75) is 32.9 Å². The van der Waals surface area contributed by atoms with Crippen LogP contribution in [0.4, 0.5) is 4.39 Å². The molecule has 5 heteroatoms. The summed E-state index contributed by atoms with van der Waals surface area (Å²) in [7, 11) is 1.54. The molecule has 0 unspecified atom stereocenters. The molecule has 0 heterocycles. The summed E-state index contributed by atoms with van der Waals surface area (Å²) in [6.45, 7) is 3.63. The van der Waals surface area contributed by atoms with Crippen LogP contribution in [0.1, 0.15) is 30.9 Å². The molecular formula is C14H22FN3O. The molecule has 3 N–H and O–H groups in total. The van der Waals surface area contributed by atoms with Crippen molar-refractivity contribution >= 4 is 5.96 Å². The number of aliphatic imine (C=N–C) groups is 1. The van der Waals surface area contributed by atoms with Gasteiger partial charge in [0.25, 0.3) is 0 Å². The first kappa shape index (κ1) is 15.4. The summed E-state index contributed by atoms with van der Waals surface area (Å²) in [6.07, 6.45) is 2.17. The van der Waals surface area contributed by atoms with Gasteiger partial charge in [0, 0.05) is 19.2 Å². The van der Waals surface area contributed by atoms with Crippen molar-refractivity contribution < 1.29 is 9.13 Å². The topological polar surface area (TPSA) is 59.6 Å². The van der Waals surface area contributed by atoms with Crippen molar-refractivity contribution in [2.75, 3.05) is 13.7 Å². The van der Waals surface area contributed by atoms with Gasteiger partial charge in [0.1, 0.15) is 5.82 Å². The number of nitrogens with two attached hydrogens (primary N) is 1. The SMILES string of the molecule is CCCCNC(N)=NCc1ccc(F)c(COC)c1. The lowest BCUT2D eigenvalue weighted by Gasteiger charge is -2.06. The second-order valence-corrected chi connectivity index (χ2v) is 4.34. The average molecular weight is 267 g/mol. The quantitative estimate of drug-likeness (QED) is 0.452. The second kappa shape index (κ2) is 8.48. The molecule has 0 spiro atoms. The number of ether oxygens (including phenoxy) is 1. The zero-order chi connectivity index (χ0) is 14.1. The fourth-order valence-electron chi connectivity index (χ4n) is 1.62. The van der Waals surface area contributed by atoms with Crippen molar-refractivity contribution in [1.82, 2.24) is 5.32 Å². The maximum absolute atomic E-state index is 13.4. The van der Waals surface area contributed by atoms with E-state index in [1.54, 1.807) is 19.2 Å². The van der Waals surface area contributed by atoms with Crippen LogP contribution in [0.2, 0.25) is 0 Å². The van der Waals surface area contributed by atoms with E-state index in [1.807, 2.05) is 0 Å². The smallest absolute Gasteiger partial charge is 0.188 e. The number of methoxy groups -OCH3 is 1. The van der Waals surface area contributed by atoms with Gasteiger partial charge < -0.3 is 15.8 Å². The summed E-state index contributed by atoms with van der Waals surface area (Å²) in [6, 6.07) is 4.89. The molecule has 0 aliphatic carbocycles. The molecule has 19 heavy (non-hydrogen) atoms. The number of hydrogen-bond acceptors (Lipinski definition) is 2. The first-order valence-electron chi connectivity index (χ1n) is 6.47. The molecule has 1 aromatic carbocycles. The summed E-state index contributed by atoms with van der Waals surface area (Å²) in [5, 5.41) is 3.03. The predicted molar refractivity (Wildman–Crippen MR) is 75.4 cm³/mol. The second-order valence-electron chi connectivity index (χ2n) is 4.34. The van der Waals surface area contributed by atoms with Crippen molar-refractivity contribution in [1.29, 1.82) is 0 Å². The van der Waals surface area contributed by atoms with Gasteiger partial charge >= 0.3 is 0 Å². The molecule has 0 saturated heterocycles. The maximum atomic E-state index is 13.4. The Morgan fingerprint density at radius 1 is 1.47 bits per heavy atom. The van der Waals surface area contributed by atoms with Crippen LogP contribution in [-0.4, -0.2) is 19.6 Å². The van der Waals surface area contributed by atoms with E-state index in [0.717, 1.165) is 24.9 Å². The van der Waals surface area contributed by atoms with E-state index in [1.165, 1.54) is 6.07 Å². The Bertz CT molecular complexity index is 421. The summed E-state index contributed by atoms with van der Waals surface area (Å²) in [5.41, 5.74) is 7.17. The third-order valence-corrected chi connectivity index (χ3v) is 2.68. The van der Waals surface area contributed by atoms with E-state index in [4.69, 9.17) is 10.5 Å². The van der Waals surface area contributed by atoms with Crippen LogP contribution in [0, 0.1) is 5.82 Å². The van der Waals surface area contributed by atoms with Crippen LogP contribution >= 0.6 is 0 Å². The highest BCUT2D eigenvalue weighted by Gasteiger charge is 2.03. The van der Waals surface area contributed by atoms with E-state index < -0.39 is 0 Å². The Morgan fingerprint density at radius 2 is 2.26 bits per heavy atom.